The third-order valence-electron chi connectivity index (χ3n) is 6.68. The van der Waals surface area contributed by atoms with Gasteiger partial charge in [0.15, 0.2) is 6.10 Å². The number of hydrogen-bond donors (Lipinski definition) is 1. The molecule has 0 aliphatic carbocycles. The van der Waals surface area contributed by atoms with E-state index in [1.54, 1.807) is 4.57 Å². The number of nitrogens with one attached hydrogen (secondary N) is 1. The topological polar surface area (TPSA) is 82.5 Å². The predicted octanol–water partition coefficient (Wildman–Crippen LogP) is 3.10. The molecule has 2 unspecified atom stereocenters. The molecular weight excluding hydrogens is 406 g/mol. The molecule has 32 heavy (non-hydrogen) atoms. The molecule has 2 atom stereocenters. The quantitative estimate of drug-likeness (QED) is 0.471. The largest absolute Gasteiger partial charge is 0.458 e. The van der Waals surface area contributed by atoms with Crippen molar-refractivity contribution >= 4 is 16.9 Å². The minimum absolute atomic E-state index is 0.0232. The van der Waals surface area contributed by atoms with Crippen LogP contribution in [-0.2, 0) is 33.8 Å². The van der Waals surface area contributed by atoms with E-state index in [1.807, 2.05) is 24.3 Å². The van der Waals surface area contributed by atoms with E-state index >= 15 is 0 Å². The molecule has 0 amide bonds. The Balaban J connectivity index is 1.66. The SMILES string of the molecule is CCC(C)NCCc1c2c(nc3ccccc13)-c1cc3c(c(=O)n1C2)COC(=O)C3OC. The lowest BCUT2D eigenvalue weighted by Gasteiger charge is -2.24. The van der Waals surface area contributed by atoms with Crippen molar-refractivity contribution in [3.8, 4) is 11.4 Å². The van der Waals surface area contributed by atoms with Crippen LogP contribution in [0.5, 0.6) is 0 Å². The number of esters is 1. The maximum absolute atomic E-state index is 13.4. The first-order valence-corrected chi connectivity index (χ1v) is 11.1. The second-order valence-electron chi connectivity index (χ2n) is 8.53. The number of ether oxygens (including phenoxy) is 2. The highest BCUT2D eigenvalue weighted by atomic mass is 16.6. The molecule has 2 aliphatic rings. The fourth-order valence-electron chi connectivity index (χ4n) is 4.74. The summed E-state index contributed by atoms with van der Waals surface area (Å²) in [6.07, 6.45) is 1.03. The summed E-state index contributed by atoms with van der Waals surface area (Å²) >= 11 is 0. The molecule has 166 valence electrons. The number of aromatic nitrogens is 2. The number of methoxy groups -OCH3 is 1. The van der Waals surface area contributed by atoms with Crippen LogP contribution in [0.15, 0.2) is 35.1 Å². The maximum Gasteiger partial charge on any atom is 0.340 e. The average molecular weight is 434 g/mol. The zero-order valence-corrected chi connectivity index (χ0v) is 18.6. The van der Waals surface area contributed by atoms with Gasteiger partial charge in [-0.3, -0.25) is 4.79 Å². The lowest BCUT2D eigenvalue weighted by atomic mass is 9.97. The fraction of sp³-hybridized carbons (Fsp3) is 0.400. The molecule has 0 fully saturated rings. The van der Waals surface area contributed by atoms with E-state index in [0.29, 0.717) is 23.7 Å². The monoisotopic (exact) mass is 433 g/mol. The smallest absolute Gasteiger partial charge is 0.340 e. The van der Waals surface area contributed by atoms with Gasteiger partial charge in [-0.25, -0.2) is 9.78 Å². The second kappa shape index (κ2) is 8.15. The molecule has 0 spiro atoms. The van der Waals surface area contributed by atoms with E-state index < -0.39 is 12.1 Å². The number of cyclic esters (lactones) is 1. The molecule has 4 heterocycles. The number of rotatable bonds is 6. The Labute approximate surface area is 186 Å². The van der Waals surface area contributed by atoms with Gasteiger partial charge < -0.3 is 19.4 Å². The van der Waals surface area contributed by atoms with Crippen LogP contribution >= 0.6 is 0 Å². The van der Waals surface area contributed by atoms with Crippen LogP contribution in [0.1, 0.15) is 48.6 Å². The van der Waals surface area contributed by atoms with Crippen LogP contribution in [0.25, 0.3) is 22.3 Å². The van der Waals surface area contributed by atoms with Crippen LogP contribution in [0, 0.1) is 0 Å². The van der Waals surface area contributed by atoms with Crippen molar-refractivity contribution in [1.82, 2.24) is 14.9 Å². The van der Waals surface area contributed by atoms with Crippen LogP contribution < -0.4 is 10.9 Å². The Morgan fingerprint density at radius 1 is 1.28 bits per heavy atom. The summed E-state index contributed by atoms with van der Waals surface area (Å²) in [5.74, 6) is -0.467. The molecule has 0 radical (unpaired) electrons. The molecule has 7 nitrogen and oxygen atoms in total. The molecular formula is C25H27N3O4. The number of carbonyl (C=O) groups is 1. The van der Waals surface area contributed by atoms with E-state index in [2.05, 4.69) is 25.2 Å². The summed E-state index contributed by atoms with van der Waals surface area (Å²) in [6, 6.07) is 10.5. The number of fused-ring (bicyclic) bond motifs is 5. The highest BCUT2D eigenvalue weighted by molar-refractivity contribution is 5.88. The lowest BCUT2D eigenvalue weighted by molar-refractivity contribution is -0.159. The van der Waals surface area contributed by atoms with Gasteiger partial charge in [0, 0.05) is 29.7 Å². The van der Waals surface area contributed by atoms with Crippen molar-refractivity contribution in [3.63, 3.8) is 0 Å². The molecule has 7 heteroatoms. The Hall–Kier alpha value is -3.03. The van der Waals surface area contributed by atoms with Gasteiger partial charge in [-0.2, -0.15) is 0 Å². The average Bonchev–Trinajstić information content (AvgIpc) is 3.17. The second-order valence-corrected chi connectivity index (χ2v) is 8.53. The van der Waals surface area contributed by atoms with Gasteiger partial charge in [0.2, 0.25) is 0 Å². The van der Waals surface area contributed by atoms with Crippen molar-refractivity contribution in [3.05, 3.63) is 62.9 Å². The molecule has 0 bridgehead atoms. The van der Waals surface area contributed by atoms with Crippen molar-refractivity contribution in [2.75, 3.05) is 13.7 Å². The molecule has 3 aromatic rings. The van der Waals surface area contributed by atoms with Gasteiger partial charge in [-0.05, 0) is 44.0 Å². The Bertz CT molecular complexity index is 1280. The van der Waals surface area contributed by atoms with E-state index in [1.165, 1.54) is 12.7 Å². The van der Waals surface area contributed by atoms with Gasteiger partial charge >= 0.3 is 5.97 Å². The zero-order valence-electron chi connectivity index (χ0n) is 18.6. The molecule has 1 N–H and O–H groups in total. The normalized spacial score (nSPS) is 17.6. The summed E-state index contributed by atoms with van der Waals surface area (Å²) in [4.78, 5) is 30.5. The Kier molecular flexibility index (Phi) is 5.31. The standard InChI is InChI=1S/C25H27N3O4/c1-4-14(2)26-10-9-15-16-7-5-6-8-20(16)27-22-18(15)12-28-21(22)11-17-19(24(28)29)13-32-25(30)23(17)31-3/h5-8,11,14,23,26H,4,9-10,12-13H2,1-3H3. The number of para-hydroxylation sites is 1. The number of carbonyl (C=O) groups excluding carboxylic acids is 1. The summed E-state index contributed by atoms with van der Waals surface area (Å²) in [5.41, 5.74) is 5.69. The number of pyridine rings is 2. The first-order valence-electron chi connectivity index (χ1n) is 11.1. The van der Waals surface area contributed by atoms with Crippen LogP contribution in [0.4, 0.5) is 0 Å². The Morgan fingerprint density at radius 2 is 2.09 bits per heavy atom. The first kappa shape index (κ1) is 20.8. The van der Waals surface area contributed by atoms with Crippen molar-refractivity contribution < 1.29 is 14.3 Å². The molecule has 2 aromatic heterocycles. The highest BCUT2D eigenvalue weighted by Gasteiger charge is 2.35. The molecule has 2 aliphatic heterocycles. The van der Waals surface area contributed by atoms with Gasteiger partial charge in [0.1, 0.15) is 6.61 Å². The number of benzene rings is 1. The molecule has 1 aromatic carbocycles. The zero-order chi connectivity index (χ0) is 22.4. The molecule has 0 saturated heterocycles. The van der Waals surface area contributed by atoms with Crippen molar-refractivity contribution in [1.29, 1.82) is 0 Å². The Morgan fingerprint density at radius 3 is 2.88 bits per heavy atom. The van der Waals surface area contributed by atoms with Crippen LogP contribution in [0.3, 0.4) is 0 Å². The highest BCUT2D eigenvalue weighted by Crippen LogP contribution is 2.38. The molecule has 5 rings (SSSR count). The minimum atomic E-state index is -0.888. The predicted molar refractivity (Wildman–Crippen MR) is 122 cm³/mol. The summed E-state index contributed by atoms with van der Waals surface area (Å²) in [5, 5.41) is 4.69. The van der Waals surface area contributed by atoms with E-state index in [4.69, 9.17) is 14.5 Å². The van der Waals surface area contributed by atoms with Crippen LogP contribution in [-0.4, -0.2) is 35.2 Å². The third kappa shape index (κ3) is 3.24. The number of hydrogen-bond acceptors (Lipinski definition) is 6. The van der Waals surface area contributed by atoms with E-state index in [-0.39, 0.29) is 12.2 Å². The number of nitrogens with zero attached hydrogens (tertiary/aromatic N) is 2. The van der Waals surface area contributed by atoms with E-state index in [0.717, 1.165) is 47.2 Å². The van der Waals surface area contributed by atoms with Gasteiger partial charge in [0.25, 0.3) is 5.56 Å². The van der Waals surface area contributed by atoms with Gasteiger partial charge in [0.05, 0.1) is 29.0 Å². The fourth-order valence-corrected chi connectivity index (χ4v) is 4.74. The third-order valence-corrected chi connectivity index (χ3v) is 6.68. The summed E-state index contributed by atoms with van der Waals surface area (Å²) < 4.78 is 12.3. The first-order chi connectivity index (χ1) is 15.5. The van der Waals surface area contributed by atoms with Crippen molar-refractivity contribution in [2.45, 2.75) is 52.0 Å². The van der Waals surface area contributed by atoms with Crippen molar-refractivity contribution in [2.24, 2.45) is 0 Å². The van der Waals surface area contributed by atoms with Crippen LogP contribution in [0.2, 0.25) is 0 Å². The minimum Gasteiger partial charge on any atom is -0.458 e. The van der Waals surface area contributed by atoms with Gasteiger partial charge in [-0.1, -0.05) is 25.1 Å². The lowest BCUT2D eigenvalue weighted by Crippen LogP contribution is -2.33. The van der Waals surface area contributed by atoms with Gasteiger partial charge in [-0.15, -0.1) is 0 Å². The summed E-state index contributed by atoms with van der Waals surface area (Å²) in [6.45, 7) is 5.66. The maximum atomic E-state index is 13.4. The van der Waals surface area contributed by atoms with E-state index in [9.17, 15) is 9.59 Å². The molecule has 0 saturated carbocycles. The summed E-state index contributed by atoms with van der Waals surface area (Å²) in [7, 11) is 1.45.